The number of esters is 1. The predicted octanol–water partition coefficient (Wildman–Crippen LogP) is 2.26. The van der Waals surface area contributed by atoms with Crippen molar-refractivity contribution in [3.63, 3.8) is 0 Å². The molecule has 3 N–H and O–H groups in total. The third kappa shape index (κ3) is 8.84. The van der Waals surface area contributed by atoms with Crippen LogP contribution >= 0.6 is 0 Å². The summed E-state index contributed by atoms with van der Waals surface area (Å²) in [5.74, 6) is -0.982. The highest BCUT2D eigenvalue weighted by atomic mass is 32.2. The number of unbranched alkanes of at least 4 members (excludes halogenated alkanes) is 8. The highest BCUT2D eigenvalue weighted by Gasteiger charge is 2.56. The second kappa shape index (κ2) is 12.3. The molecule has 0 aromatic carbocycles. The molecule has 29 heavy (non-hydrogen) atoms. The van der Waals surface area contributed by atoms with Crippen LogP contribution in [0.5, 0.6) is 0 Å². The number of nitrogens with two attached hydrogens (primary N) is 1. The molecule has 168 valence electrons. The van der Waals surface area contributed by atoms with Crippen molar-refractivity contribution in [1.82, 2.24) is 9.03 Å². The van der Waals surface area contributed by atoms with Crippen molar-refractivity contribution in [2.24, 2.45) is 11.7 Å². The molecule has 0 heterocycles. The van der Waals surface area contributed by atoms with Crippen LogP contribution < -0.4 is 10.5 Å². The number of carbonyl (C=O) groups excluding carboxylic acids is 2. The van der Waals surface area contributed by atoms with E-state index in [2.05, 4.69) is 16.0 Å². The van der Waals surface area contributed by atoms with Crippen LogP contribution in [0.25, 0.3) is 0 Å². The fourth-order valence-corrected chi connectivity index (χ4v) is 4.16. The number of nitrogens with zero attached hydrogens (tertiary/aromatic N) is 1. The second-order valence-corrected chi connectivity index (χ2v) is 9.63. The van der Waals surface area contributed by atoms with Crippen molar-refractivity contribution in [1.29, 1.82) is 0 Å². The molecule has 1 rings (SSSR count). The highest BCUT2D eigenvalue weighted by molar-refractivity contribution is 7.87. The maximum atomic E-state index is 12.2. The van der Waals surface area contributed by atoms with Crippen LogP contribution in [0.1, 0.15) is 70.6 Å². The van der Waals surface area contributed by atoms with Gasteiger partial charge in [-0.3, -0.25) is 9.59 Å². The molecule has 8 nitrogen and oxygen atoms in total. The molecule has 2 atom stereocenters. The molecule has 1 aliphatic rings. The lowest BCUT2D eigenvalue weighted by Crippen LogP contribution is -2.50. The fraction of sp³-hybridized carbons (Fsp3) is 0.800. The Labute approximate surface area is 175 Å². The van der Waals surface area contributed by atoms with E-state index in [1.54, 1.807) is 6.08 Å². The Kier molecular flexibility index (Phi) is 10.8. The van der Waals surface area contributed by atoms with E-state index in [0.717, 1.165) is 57.8 Å². The summed E-state index contributed by atoms with van der Waals surface area (Å²) in [6.07, 6.45) is 11.7. The van der Waals surface area contributed by atoms with Gasteiger partial charge < -0.3 is 10.5 Å². The van der Waals surface area contributed by atoms with E-state index in [0.29, 0.717) is 19.4 Å². The molecule has 0 aromatic heterocycles. The van der Waals surface area contributed by atoms with Crippen molar-refractivity contribution >= 4 is 22.1 Å². The number of rotatable bonds is 16. The molecule has 1 saturated carbocycles. The normalized spacial score (nSPS) is 21.0. The highest BCUT2D eigenvalue weighted by Crippen LogP contribution is 2.42. The summed E-state index contributed by atoms with van der Waals surface area (Å²) in [7, 11) is -0.993. The molecule has 0 saturated heterocycles. The van der Waals surface area contributed by atoms with Crippen molar-refractivity contribution < 1.29 is 22.7 Å². The van der Waals surface area contributed by atoms with Crippen LogP contribution in [0.15, 0.2) is 12.7 Å². The number of hydrogen-bond donors (Lipinski definition) is 2. The van der Waals surface area contributed by atoms with Crippen LogP contribution in [-0.2, 0) is 24.5 Å². The molecular formula is C20H37N3O5S. The van der Waals surface area contributed by atoms with Crippen molar-refractivity contribution in [2.75, 3.05) is 20.7 Å². The Hall–Kier alpha value is -1.45. The van der Waals surface area contributed by atoms with Crippen molar-refractivity contribution in [3.8, 4) is 0 Å². The van der Waals surface area contributed by atoms with Gasteiger partial charge >= 0.3 is 16.2 Å². The molecule has 0 aromatic rings. The van der Waals surface area contributed by atoms with E-state index < -0.39 is 21.7 Å². The summed E-state index contributed by atoms with van der Waals surface area (Å²) in [5.41, 5.74) is 4.75. The lowest BCUT2D eigenvalue weighted by Gasteiger charge is -2.19. The Bertz CT molecular complexity index is 653. The van der Waals surface area contributed by atoms with Crippen LogP contribution in [0.4, 0.5) is 0 Å². The van der Waals surface area contributed by atoms with Crippen molar-refractivity contribution in [3.05, 3.63) is 12.7 Å². The van der Waals surface area contributed by atoms with Gasteiger partial charge in [-0.25, -0.2) is 4.72 Å². The zero-order valence-corrected chi connectivity index (χ0v) is 18.6. The average molecular weight is 432 g/mol. The van der Waals surface area contributed by atoms with E-state index in [-0.39, 0.29) is 11.9 Å². The van der Waals surface area contributed by atoms with E-state index >= 15 is 0 Å². The smallest absolute Gasteiger partial charge is 0.305 e. The third-order valence-electron chi connectivity index (χ3n) is 5.48. The van der Waals surface area contributed by atoms with E-state index in [1.807, 2.05) is 0 Å². The quantitative estimate of drug-likeness (QED) is 0.220. The summed E-state index contributed by atoms with van der Waals surface area (Å²) in [4.78, 5) is 23.1. The minimum atomic E-state index is -3.87. The monoisotopic (exact) mass is 431 g/mol. The van der Waals surface area contributed by atoms with Gasteiger partial charge in [0.25, 0.3) is 5.91 Å². The maximum absolute atomic E-state index is 12.2. The predicted molar refractivity (Wildman–Crippen MR) is 113 cm³/mol. The van der Waals surface area contributed by atoms with E-state index in [4.69, 9.17) is 5.73 Å². The van der Waals surface area contributed by atoms with Gasteiger partial charge in [0, 0.05) is 25.9 Å². The molecular weight excluding hydrogens is 394 g/mol. The third-order valence-corrected chi connectivity index (χ3v) is 6.93. The summed E-state index contributed by atoms with van der Waals surface area (Å²) >= 11 is 0. The van der Waals surface area contributed by atoms with Crippen molar-refractivity contribution in [2.45, 2.75) is 76.2 Å². The van der Waals surface area contributed by atoms with Gasteiger partial charge in [0.1, 0.15) is 5.54 Å². The van der Waals surface area contributed by atoms with Gasteiger partial charge in [0.05, 0.1) is 7.11 Å². The number of methoxy groups -OCH3 is 1. The second-order valence-electron chi connectivity index (χ2n) is 7.85. The number of amides is 1. The van der Waals surface area contributed by atoms with Gasteiger partial charge in [0.15, 0.2) is 0 Å². The van der Waals surface area contributed by atoms with Gasteiger partial charge in [-0.1, -0.05) is 51.0 Å². The van der Waals surface area contributed by atoms with Crippen LogP contribution in [0.3, 0.4) is 0 Å². The molecule has 0 aliphatic heterocycles. The van der Waals surface area contributed by atoms with Gasteiger partial charge in [-0.2, -0.15) is 12.7 Å². The molecule has 0 spiro atoms. The first-order chi connectivity index (χ1) is 13.7. The minimum Gasteiger partial charge on any atom is -0.469 e. The number of ether oxygens (including phenoxy) is 1. The Morgan fingerprint density at radius 1 is 1.14 bits per heavy atom. The Balaban J connectivity index is 2.07. The van der Waals surface area contributed by atoms with E-state index in [1.165, 1.54) is 18.5 Å². The first-order valence-corrected chi connectivity index (χ1v) is 11.9. The molecule has 0 unspecified atom stereocenters. The van der Waals surface area contributed by atoms with Gasteiger partial charge in [0.2, 0.25) is 0 Å². The topological polar surface area (TPSA) is 119 Å². The lowest BCUT2D eigenvalue weighted by atomic mass is 10.1. The molecule has 1 aliphatic carbocycles. The average Bonchev–Trinajstić information content (AvgIpc) is 3.37. The number of hydrogen-bond acceptors (Lipinski definition) is 6. The minimum absolute atomic E-state index is 0.146. The SMILES string of the molecule is C=C[C@@H]1C[C@@]1(N)C(=O)NS(=O)(=O)N(C)CCCCCCCCCCCC(=O)OC. The Morgan fingerprint density at radius 3 is 2.14 bits per heavy atom. The van der Waals surface area contributed by atoms with Gasteiger partial charge in [-0.15, -0.1) is 6.58 Å². The lowest BCUT2D eigenvalue weighted by molar-refractivity contribution is -0.140. The summed E-state index contributed by atoms with van der Waals surface area (Å²) < 4.78 is 32.3. The first-order valence-electron chi connectivity index (χ1n) is 10.4. The summed E-state index contributed by atoms with van der Waals surface area (Å²) in [5, 5.41) is 0. The molecule has 1 amide bonds. The zero-order chi connectivity index (χ0) is 21.9. The van der Waals surface area contributed by atoms with Crippen LogP contribution in [-0.4, -0.2) is 50.8 Å². The number of nitrogens with one attached hydrogen (secondary N) is 1. The summed E-state index contributed by atoms with van der Waals surface area (Å²) in [6.45, 7) is 3.95. The zero-order valence-electron chi connectivity index (χ0n) is 17.8. The maximum Gasteiger partial charge on any atom is 0.305 e. The molecule has 9 heteroatoms. The van der Waals surface area contributed by atoms with Gasteiger partial charge in [-0.05, 0) is 19.3 Å². The van der Waals surface area contributed by atoms with E-state index in [9.17, 15) is 18.0 Å². The number of carbonyl (C=O) groups is 2. The first kappa shape index (κ1) is 25.6. The largest absolute Gasteiger partial charge is 0.469 e. The Morgan fingerprint density at radius 2 is 1.66 bits per heavy atom. The molecule has 0 bridgehead atoms. The van der Waals surface area contributed by atoms with Crippen LogP contribution in [0.2, 0.25) is 0 Å². The summed E-state index contributed by atoms with van der Waals surface area (Å²) in [6, 6.07) is 0. The standard InChI is InChI=1S/C20H37N3O5S/c1-4-17-16-20(17,21)19(25)22-29(26,27)23(2)15-13-11-9-7-5-6-8-10-12-14-18(24)28-3/h4,17H,1,5-16,21H2,2-3H3,(H,22,25)/t17-,20+/m1/s1. The van der Waals surface area contributed by atoms with Crippen LogP contribution in [0, 0.1) is 5.92 Å². The molecule has 0 radical (unpaired) electrons. The molecule has 1 fully saturated rings. The fourth-order valence-electron chi connectivity index (χ4n) is 3.21.